The first-order chi connectivity index (χ1) is 8.60. The molecule has 0 atom stereocenters. The van der Waals surface area contributed by atoms with E-state index < -0.39 is 5.97 Å². The van der Waals surface area contributed by atoms with Gasteiger partial charge in [-0.25, -0.2) is 4.98 Å². The SMILES string of the molecule is COc1ccc(-c2nc(CC(=O)O)c(C)[nH]2)cc1. The molecule has 0 aliphatic carbocycles. The predicted octanol–water partition coefficient (Wildman–Crippen LogP) is 2.02. The minimum atomic E-state index is -0.883. The number of carboxylic acids is 1. The number of aromatic nitrogens is 2. The number of rotatable bonds is 4. The third kappa shape index (κ3) is 2.51. The van der Waals surface area contributed by atoms with Crippen molar-refractivity contribution >= 4 is 5.97 Å². The summed E-state index contributed by atoms with van der Waals surface area (Å²) in [5, 5.41) is 8.77. The second-order valence-corrected chi connectivity index (χ2v) is 3.96. The summed E-state index contributed by atoms with van der Waals surface area (Å²) in [6, 6.07) is 7.43. The molecule has 2 aromatic rings. The summed E-state index contributed by atoms with van der Waals surface area (Å²) in [7, 11) is 1.61. The molecular weight excluding hydrogens is 232 g/mol. The van der Waals surface area contributed by atoms with Crippen LogP contribution >= 0.6 is 0 Å². The molecule has 0 unspecified atom stereocenters. The molecule has 1 aromatic carbocycles. The van der Waals surface area contributed by atoms with Crippen LogP contribution in [0, 0.1) is 6.92 Å². The Kier molecular flexibility index (Phi) is 3.32. The Morgan fingerprint density at radius 3 is 2.61 bits per heavy atom. The lowest BCUT2D eigenvalue weighted by Gasteiger charge is -2.00. The van der Waals surface area contributed by atoms with Crippen LogP contribution in [-0.4, -0.2) is 28.2 Å². The molecule has 2 rings (SSSR count). The molecule has 94 valence electrons. The number of carboxylic acid groups (broad SMARTS) is 1. The van der Waals surface area contributed by atoms with Crippen LogP contribution in [0.1, 0.15) is 11.4 Å². The molecule has 0 aliphatic heterocycles. The highest BCUT2D eigenvalue weighted by Gasteiger charge is 2.11. The van der Waals surface area contributed by atoms with E-state index in [0.29, 0.717) is 11.5 Å². The van der Waals surface area contributed by atoms with Crippen molar-refractivity contribution in [2.75, 3.05) is 7.11 Å². The maximum atomic E-state index is 10.7. The Balaban J connectivity index is 2.30. The zero-order valence-electron chi connectivity index (χ0n) is 10.2. The van der Waals surface area contributed by atoms with Gasteiger partial charge in [-0.3, -0.25) is 4.79 Å². The predicted molar refractivity (Wildman–Crippen MR) is 66.7 cm³/mol. The van der Waals surface area contributed by atoms with Crippen LogP contribution in [0.5, 0.6) is 5.75 Å². The van der Waals surface area contributed by atoms with E-state index in [4.69, 9.17) is 9.84 Å². The first-order valence-corrected chi connectivity index (χ1v) is 5.52. The molecule has 18 heavy (non-hydrogen) atoms. The lowest BCUT2D eigenvalue weighted by Crippen LogP contribution is -2.01. The number of nitrogens with zero attached hydrogens (tertiary/aromatic N) is 1. The highest BCUT2D eigenvalue weighted by Crippen LogP contribution is 2.21. The Morgan fingerprint density at radius 2 is 2.06 bits per heavy atom. The third-order valence-corrected chi connectivity index (χ3v) is 2.67. The molecule has 0 fully saturated rings. The number of hydrogen-bond donors (Lipinski definition) is 2. The normalized spacial score (nSPS) is 10.3. The molecule has 0 saturated heterocycles. The van der Waals surface area contributed by atoms with Crippen LogP contribution in [0.3, 0.4) is 0 Å². The van der Waals surface area contributed by atoms with Crippen molar-refractivity contribution < 1.29 is 14.6 Å². The second kappa shape index (κ2) is 4.91. The molecule has 1 aromatic heterocycles. The summed E-state index contributed by atoms with van der Waals surface area (Å²) in [4.78, 5) is 18.1. The summed E-state index contributed by atoms with van der Waals surface area (Å²) < 4.78 is 5.08. The standard InChI is InChI=1S/C13H14N2O3/c1-8-11(7-12(16)17)15-13(14-8)9-3-5-10(18-2)6-4-9/h3-6H,7H2,1-2H3,(H,14,15)(H,16,17). The topological polar surface area (TPSA) is 75.2 Å². The molecule has 5 heteroatoms. The highest BCUT2D eigenvalue weighted by molar-refractivity contribution is 5.70. The summed E-state index contributed by atoms with van der Waals surface area (Å²) in [6.07, 6.45) is -0.0709. The van der Waals surface area contributed by atoms with Crippen molar-refractivity contribution in [1.29, 1.82) is 0 Å². The zero-order valence-corrected chi connectivity index (χ0v) is 10.2. The Bertz CT molecular complexity index is 558. The average Bonchev–Trinajstić information content (AvgIpc) is 2.70. The molecular formula is C13H14N2O3. The third-order valence-electron chi connectivity index (χ3n) is 2.67. The molecule has 0 bridgehead atoms. The second-order valence-electron chi connectivity index (χ2n) is 3.96. The van der Waals surface area contributed by atoms with Crippen molar-refractivity contribution in [3.05, 3.63) is 35.7 Å². The van der Waals surface area contributed by atoms with Crippen molar-refractivity contribution in [2.45, 2.75) is 13.3 Å². The molecule has 0 amide bonds. The van der Waals surface area contributed by atoms with Crippen LogP contribution in [0.15, 0.2) is 24.3 Å². The van der Waals surface area contributed by atoms with Gasteiger partial charge in [-0.1, -0.05) is 0 Å². The van der Waals surface area contributed by atoms with Crippen molar-refractivity contribution in [3.63, 3.8) is 0 Å². The largest absolute Gasteiger partial charge is 0.497 e. The number of aryl methyl sites for hydroxylation is 1. The number of nitrogens with one attached hydrogen (secondary N) is 1. The summed E-state index contributed by atoms with van der Waals surface area (Å²) in [5.41, 5.74) is 2.24. The minimum Gasteiger partial charge on any atom is -0.497 e. The lowest BCUT2D eigenvalue weighted by atomic mass is 10.2. The highest BCUT2D eigenvalue weighted by atomic mass is 16.5. The molecule has 0 spiro atoms. The summed E-state index contributed by atoms with van der Waals surface area (Å²) in [6.45, 7) is 1.82. The van der Waals surface area contributed by atoms with E-state index in [1.54, 1.807) is 7.11 Å². The zero-order chi connectivity index (χ0) is 13.1. The van der Waals surface area contributed by atoms with Gasteiger partial charge in [0.15, 0.2) is 0 Å². The van der Waals surface area contributed by atoms with Crippen molar-refractivity contribution in [1.82, 2.24) is 9.97 Å². The Labute approximate surface area is 104 Å². The quantitative estimate of drug-likeness (QED) is 0.865. The first kappa shape index (κ1) is 12.2. The van der Waals surface area contributed by atoms with Gasteiger partial charge in [0.1, 0.15) is 11.6 Å². The molecule has 1 heterocycles. The number of benzene rings is 1. The number of methoxy groups -OCH3 is 1. The molecule has 0 radical (unpaired) electrons. The fourth-order valence-corrected chi connectivity index (χ4v) is 1.70. The van der Waals surface area contributed by atoms with E-state index in [0.717, 1.165) is 17.0 Å². The monoisotopic (exact) mass is 246 g/mol. The molecule has 2 N–H and O–H groups in total. The Hall–Kier alpha value is -2.30. The number of aliphatic carboxylic acids is 1. The van der Waals surface area contributed by atoms with E-state index in [1.165, 1.54) is 0 Å². The maximum absolute atomic E-state index is 10.7. The Morgan fingerprint density at radius 1 is 1.39 bits per heavy atom. The average molecular weight is 246 g/mol. The minimum absolute atomic E-state index is 0.0709. The van der Waals surface area contributed by atoms with Gasteiger partial charge in [0.2, 0.25) is 0 Å². The fourth-order valence-electron chi connectivity index (χ4n) is 1.70. The van der Waals surface area contributed by atoms with Crippen LogP contribution in [-0.2, 0) is 11.2 Å². The van der Waals surface area contributed by atoms with Gasteiger partial charge in [0, 0.05) is 11.3 Å². The number of hydrogen-bond acceptors (Lipinski definition) is 3. The smallest absolute Gasteiger partial charge is 0.309 e. The van der Waals surface area contributed by atoms with E-state index in [1.807, 2.05) is 31.2 Å². The summed E-state index contributed by atoms with van der Waals surface area (Å²) in [5.74, 6) is 0.560. The van der Waals surface area contributed by atoms with Gasteiger partial charge in [0.25, 0.3) is 0 Å². The van der Waals surface area contributed by atoms with Crippen LogP contribution < -0.4 is 4.74 Å². The van der Waals surface area contributed by atoms with Gasteiger partial charge in [-0.15, -0.1) is 0 Å². The molecule has 0 aliphatic rings. The van der Waals surface area contributed by atoms with Crippen LogP contribution in [0.4, 0.5) is 0 Å². The van der Waals surface area contributed by atoms with Crippen LogP contribution in [0.25, 0.3) is 11.4 Å². The van der Waals surface area contributed by atoms with Gasteiger partial charge >= 0.3 is 5.97 Å². The van der Waals surface area contributed by atoms with Gasteiger partial charge in [-0.05, 0) is 31.2 Å². The van der Waals surface area contributed by atoms with Crippen LogP contribution in [0.2, 0.25) is 0 Å². The number of H-pyrrole nitrogens is 1. The van der Waals surface area contributed by atoms with Crippen molar-refractivity contribution in [2.24, 2.45) is 0 Å². The van der Waals surface area contributed by atoms with E-state index >= 15 is 0 Å². The molecule has 0 saturated carbocycles. The van der Waals surface area contributed by atoms with Gasteiger partial charge in [0.05, 0.1) is 19.2 Å². The van der Waals surface area contributed by atoms with E-state index in [-0.39, 0.29) is 6.42 Å². The van der Waals surface area contributed by atoms with E-state index in [2.05, 4.69) is 9.97 Å². The summed E-state index contributed by atoms with van der Waals surface area (Å²) >= 11 is 0. The van der Waals surface area contributed by atoms with Gasteiger partial charge < -0.3 is 14.8 Å². The fraction of sp³-hybridized carbons (Fsp3) is 0.231. The van der Waals surface area contributed by atoms with Gasteiger partial charge in [-0.2, -0.15) is 0 Å². The lowest BCUT2D eigenvalue weighted by molar-refractivity contribution is -0.136. The number of ether oxygens (including phenoxy) is 1. The number of imidazole rings is 1. The number of aromatic amines is 1. The van der Waals surface area contributed by atoms with E-state index in [9.17, 15) is 4.79 Å². The maximum Gasteiger partial charge on any atom is 0.309 e. The first-order valence-electron chi connectivity index (χ1n) is 5.52. The number of carbonyl (C=O) groups is 1. The van der Waals surface area contributed by atoms with Crippen molar-refractivity contribution in [3.8, 4) is 17.1 Å². The molecule has 5 nitrogen and oxygen atoms in total.